The molecular weight excluding hydrogens is 327 g/mol. The number of nitrogens with one attached hydrogen (secondary N) is 1. The minimum absolute atomic E-state index is 0.293. The third-order valence-corrected chi connectivity index (χ3v) is 4.59. The zero-order chi connectivity index (χ0) is 14.8. The molecule has 0 saturated heterocycles. The highest BCUT2D eigenvalue weighted by atomic mass is 35.5. The van der Waals surface area contributed by atoms with Crippen molar-refractivity contribution in [1.29, 1.82) is 0 Å². The smallest absolute Gasteiger partial charge is 0.254 e. The fourth-order valence-electron chi connectivity index (χ4n) is 1.95. The van der Waals surface area contributed by atoms with Gasteiger partial charge in [-0.3, -0.25) is 4.79 Å². The number of carbonyl (C=O) groups is 1. The topological polar surface area (TPSA) is 42.0 Å². The summed E-state index contributed by atoms with van der Waals surface area (Å²) >= 11 is 13.6. The van der Waals surface area contributed by atoms with Crippen molar-refractivity contribution >= 4 is 50.7 Å². The van der Waals surface area contributed by atoms with Gasteiger partial charge >= 0.3 is 0 Å². The first-order valence-electron chi connectivity index (χ1n) is 6.22. The molecule has 0 bridgehead atoms. The van der Waals surface area contributed by atoms with Gasteiger partial charge < -0.3 is 5.32 Å². The molecule has 1 aromatic heterocycles. The molecule has 21 heavy (non-hydrogen) atoms. The monoisotopic (exact) mass is 336 g/mol. The SMILES string of the molecule is O=C(NCc1nc2ccccc2s1)c1c(Cl)cccc1Cl. The Morgan fingerprint density at radius 3 is 2.52 bits per heavy atom. The molecule has 1 heterocycles. The number of amides is 1. The maximum Gasteiger partial charge on any atom is 0.254 e. The molecule has 0 spiro atoms. The number of carbonyl (C=O) groups excluding carboxylic acids is 1. The Hall–Kier alpha value is -1.62. The number of rotatable bonds is 3. The van der Waals surface area contributed by atoms with E-state index in [1.54, 1.807) is 29.5 Å². The summed E-state index contributed by atoms with van der Waals surface area (Å²) in [5.74, 6) is -0.301. The summed E-state index contributed by atoms with van der Waals surface area (Å²) < 4.78 is 1.09. The average molecular weight is 337 g/mol. The van der Waals surface area contributed by atoms with Gasteiger partial charge in [0, 0.05) is 0 Å². The summed E-state index contributed by atoms with van der Waals surface area (Å²) in [7, 11) is 0. The van der Waals surface area contributed by atoms with E-state index < -0.39 is 0 Å². The predicted octanol–water partition coefficient (Wildman–Crippen LogP) is 4.53. The van der Waals surface area contributed by atoms with Gasteiger partial charge in [0.1, 0.15) is 5.01 Å². The third-order valence-electron chi connectivity index (χ3n) is 2.93. The molecule has 0 saturated carbocycles. The largest absolute Gasteiger partial charge is 0.345 e. The highest BCUT2D eigenvalue weighted by molar-refractivity contribution is 7.18. The third kappa shape index (κ3) is 3.02. The molecule has 0 fully saturated rings. The predicted molar refractivity (Wildman–Crippen MR) is 87.3 cm³/mol. The molecule has 0 unspecified atom stereocenters. The number of fused-ring (bicyclic) bond motifs is 1. The van der Waals surface area contributed by atoms with E-state index in [1.807, 2.05) is 24.3 Å². The van der Waals surface area contributed by atoms with Crippen molar-refractivity contribution in [3.63, 3.8) is 0 Å². The van der Waals surface area contributed by atoms with Gasteiger partial charge in [-0.15, -0.1) is 11.3 Å². The van der Waals surface area contributed by atoms with Gasteiger partial charge in [-0.1, -0.05) is 41.4 Å². The van der Waals surface area contributed by atoms with Gasteiger partial charge in [0.25, 0.3) is 5.91 Å². The molecule has 3 aromatic rings. The Labute approximate surface area is 135 Å². The van der Waals surface area contributed by atoms with Crippen LogP contribution in [-0.2, 0) is 6.54 Å². The second kappa shape index (κ2) is 6.02. The van der Waals surface area contributed by atoms with Crippen LogP contribution in [0.4, 0.5) is 0 Å². The van der Waals surface area contributed by atoms with E-state index >= 15 is 0 Å². The molecule has 3 rings (SSSR count). The van der Waals surface area contributed by atoms with Gasteiger partial charge in [-0.2, -0.15) is 0 Å². The van der Waals surface area contributed by atoms with E-state index in [4.69, 9.17) is 23.2 Å². The first-order chi connectivity index (χ1) is 10.1. The van der Waals surface area contributed by atoms with Crippen LogP contribution in [0.1, 0.15) is 15.4 Å². The molecule has 0 atom stereocenters. The van der Waals surface area contributed by atoms with Crippen LogP contribution in [0.5, 0.6) is 0 Å². The molecule has 0 radical (unpaired) electrons. The molecular formula is C15H10Cl2N2OS. The van der Waals surface area contributed by atoms with Crippen LogP contribution in [0.3, 0.4) is 0 Å². The van der Waals surface area contributed by atoms with Gasteiger partial charge in [0.05, 0.1) is 32.4 Å². The highest BCUT2D eigenvalue weighted by Gasteiger charge is 2.14. The molecule has 106 valence electrons. The lowest BCUT2D eigenvalue weighted by Gasteiger charge is -2.06. The van der Waals surface area contributed by atoms with Crippen LogP contribution < -0.4 is 5.32 Å². The fourth-order valence-corrected chi connectivity index (χ4v) is 3.43. The first-order valence-corrected chi connectivity index (χ1v) is 7.79. The lowest BCUT2D eigenvalue weighted by Crippen LogP contribution is -2.23. The number of aromatic nitrogens is 1. The zero-order valence-corrected chi connectivity index (χ0v) is 13.1. The summed E-state index contributed by atoms with van der Waals surface area (Å²) in [5, 5.41) is 4.31. The Balaban J connectivity index is 1.76. The molecule has 0 aliphatic heterocycles. The van der Waals surface area contributed by atoms with Gasteiger partial charge in [-0.05, 0) is 24.3 Å². The van der Waals surface area contributed by atoms with Crippen molar-refractivity contribution in [3.8, 4) is 0 Å². The number of benzene rings is 2. The molecule has 0 aliphatic rings. The molecule has 2 aromatic carbocycles. The number of para-hydroxylation sites is 1. The first kappa shape index (κ1) is 14.3. The van der Waals surface area contributed by atoms with Crippen molar-refractivity contribution < 1.29 is 4.79 Å². The number of hydrogen-bond donors (Lipinski definition) is 1. The Morgan fingerprint density at radius 1 is 1.10 bits per heavy atom. The maximum absolute atomic E-state index is 12.2. The summed E-state index contributed by atoms with van der Waals surface area (Å²) in [6, 6.07) is 12.8. The van der Waals surface area contributed by atoms with E-state index in [0.29, 0.717) is 22.2 Å². The summed E-state index contributed by atoms with van der Waals surface area (Å²) in [4.78, 5) is 16.6. The van der Waals surface area contributed by atoms with Gasteiger partial charge in [0.15, 0.2) is 0 Å². The van der Waals surface area contributed by atoms with E-state index in [9.17, 15) is 4.79 Å². The van der Waals surface area contributed by atoms with Crippen LogP contribution in [0.2, 0.25) is 10.0 Å². The zero-order valence-electron chi connectivity index (χ0n) is 10.8. The number of nitrogens with zero attached hydrogens (tertiary/aromatic N) is 1. The lowest BCUT2D eigenvalue weighted by molar-refractivity contribution is 0.0951. The van der Waals surface area contributed by atoms with Crippen molar-refractivity contribution in [2.75, 3.05) is 0 Å². The van der Waals surface area contributed by atoms with Crippen molar-refractivity contribution in [1.82, 2.24) is 10.3 Å². The van der Waals surface area contributed by atoms with Crippen molar-refractivity contribution in [2.45, 2.75) is 6.54 Å². The van der Waals surface area contributed by atoms with Crippen LogP contribution >= 0.6 is 34.5 Å². The van der Waals surface area contributed by atoms with Crippen LogP contribution in [-0.4, -0.2) is 10.9 Å². The second-order valence-electron chi connectivity index (χ2n) is 4.35. The summed E-state index contributed by atoms with van der Waals surface area (Å²) in [5.41, 5.74) is 1.23. The molecule has 1 N–H and O–H groups in total. The highest BCUT2D eigenvalue weighted by Crippen LogP contribution is 2.25. The maximum atomic E-state index is 12.2. The standard InChI is InChI=1S/C15H10Cl2N2OS/c16-9-4-3-5-10(17)14(9)15(20)18-8-13-19-11-6-1-2-7-12(11)21-13/h1-7H,8H2,(H,18,20). The van der Waals surface area contributed by atoms with Crippen LogP contribution in [0, 0.1) is 0 Å². The van der Waals surface area contributed by atoms with E-state index in [1.165, 1.54) is 0 Å². The molecule has 3 nitrogen and oxygen atoms in total. The Morgan fingerprint density at radius 2 is 1.81 bits per heavy atom. The quantitative estimate of drug-likeness (QED) is 0.763. The number of halogens is 2. The normalized spacial score (nSPS) is 10.8. The number of hydrogen-bond acceptors (Lipinski definition) is 3. The van der Waals surface area contributed by atoms with E-state index in [0.717, 1.165) is 15.2 Å². The van der Waals surface area contributed by atoms with Crippen molar-refractivity contribution in [3.05, 3.63) is 63.1 Å². The molecule has 6 heteroatoms. The summed E-state index contributed by atoms with van der Waals surface area (Å²) in [6.45, 7) is 0.347. The lowest BCUT2D eigenvalue weighted by atomic mass is 10.2. The van der Waals surface area contributed by atoms with Crippen molar-refractivity contribution in [2.24, 2.45) is 0 Å². The second-order valence-corrected chi connectivity index (χ2v) is 6.28. The molecule has 0 aliphatic carbocycles. The Kier molecular flexibility index (Phi) is 4.10. The Bertz CT molecular complexity index is 763. The fraction of sp³-hybridized carbons (Fsp3) is 0.0667. The van der Waals surface area contributed by atoms with E-state index in [2.05, 4.69) is 10.3 Å². The van der Waals surface area contributed by atoms with Gasteiger partial charge in [-0.25, -0.2) is 4.98 Å². The number of thiazole rings is 1. The molecule has 1 amide bonds. The van der Waals surface area contributed by atoms with Crippen LogP contribution in [0.25, 0.3) is 10.2 Å². The van der Waals surface area contributed by atoms with Crippen LogP contribution in [0.15, 0.2) is 42.5 Å². The average Bonchev–Trinajstić information content (AvgIpc) is 2.87. The van der Waals surface area contributed by atoms with Gasteiger partial charge in [0.2, 0.25) is 0 Å². The minimum Gasteiger partial charge on any atom is -0.345 e. The summed E-state index contributed by atoms with van der Waals surface area (Å²) in [6.07, 6.45) is 0. The van der Waals surface area contributed by atoms with E-state index in [-0.39, 0.29) is 5.91 Å². The minimum atomic E-state index is -0.301.